The van der Waals surface area contributed by atoms with E-state index in [1.165, 1.54) is 12.1 Å². The van der Waals surface area contributed by atoms with Crippen molar-refractivity contribution >= 4 is 28.7 Å². The maximum absolute atomic E-state index is 12.2. The summed E-state index contributed by atoms with van der Waals surface area (Å²) in [7, 11) is 0. The fraction of sp³-hybridized carbons (Fsp3) is 0.471. The third-order valence-corrected chi connectivity index (χ3v) is 4.84. The molecular formula is C17H20N4O6. The average Bonchev–Trinajstić information content (AvgIpc) is 2.91. The first kappa shape index (κ1) is 18.6. The van der Waals surface area contributed by atoms with Gasteiger partial charge in [0.15, 0.2) is 5.58 Å². The number of urea groups is 1. The van der Waals surface area contributed by atoms with Gasteiger partial charge in [0.2, 0.25) is 5.91 Å². The van der Waals surface area contributed by atoms with Crippen LogP contribution in [-0.2, 0) is 11.3 Å². The summed E-state index contributed by atoms with van der Waals surface area (Å²) in [6.07, 6.45) is 4.03. The van der Waals surface area contributed by atoms with Gasteiger partial charge in [0, 0.05) is 18.2 Å². The number of carbonyl (C=O) groups is 2. The summed E-state index contributed by atoms with van der Waals surface area (Å²) in [5.41, 5.74) is 0.00558. The molecule has 27 heavy (non-hydrogen) atoms. The minimum Gasteiger partial charge on any atom is -0.408 e. The van der Waals surface area contributed by atoms with Gasteiger partial charge in [-0.15, -0.1) is 0 Å². The van der Waals surface area contributed by atoms with Crippen molar-refractivity contribution in [2.75, 3.05) is 0 Å². The molecule has 144 valence electrons. The van der Waals surface area contributed by atoms with Crippen LogP contribution >= 0.6 is 0 Å². The number of benzene rings is 1. The monoisotopic (exact) mass is 376 g/mol. The van der Waals surface area contributed by atoms with Crippen molar-refractivity contribution in [2.45, 2.75) is 45.2 Å². The van der Waals surface area contributed by atoms with Gasteiger partial charge in [-0.05, 0) is 24.8 Å². The molecule has 2 aromatic rings. The number of nitro benzene ring substituents is 1. The summed E-state index contributed by atoms with van der Waals surface area (Å²) >= 11 is 0. The standard InChI is InChI=1S/C17H20N4O6/c1-10-4-2-3-5-12(10)18-16(23)19-15(22)9-20-13-8-11(21(25)26)6-7-14(13)27-17(20)24/h6-8,10,12H,2-5,9H2,1H3,(H2,18,19,22,23). The number of nitrogens with zero attached hydrogens (tertiary/aromatic N) is 2. The highest BCUT2D eigenvalue weighted by Crippen LogP contribution is 2.23. The Morgan fingerprint density at radius 1 is 1.33 bits per heavy atom. The highest BCUT2D eigenvalue weighted by molar-refractivity contribution is 5.94. The normalized spacial score (nSPS) is 19.6. The number of hydrogen-bond donors (Lipinski definition) is 2. The Morgan fingerprint density at radius 3 is 2.78 bits per heavy atom. The highest BCUT2D eigenvalue weighted by Gasteiger charge is 2.24. The van der Waals surface area contributed by atoms with E-state index >= 15 is 0 Å². The van der Waals surface area contributed by atoms with Crippen molar-refractivity contribution < 1.29 is 18.9 Å². The number of nitrogens with one attached hydrogen (secondary N) is 2. The number of fused-ring (bicyclic) bond motifs is 1. The summed E-state index contributed by atoms with van der Waals surface area (Å²) in [5.74, 6) is -1.21. The molecule has 1 heterocycles. The molecule has 10 heteroatoms. The topological polar surface area (TPSA) is 136 Å². The molecule has 1 aromatic heterocycles. The van der Waals surface area contributed by atoms with Crippen LogP contribution < -0.4 is 16.4 Å². The zero-order chi connectivity index (χ0) is 19.6. The summed E-state index contributed by atoms with van der Waals surface area (Å²) < 4.78 is 5.93. The number of nitro groups is 1. The molecule has 0 spiro atoms. The van der Waals surface area contributed by atoms with Gasteiger partial charge in [-0.25, -0.2) is 9.59 Å². The van der Waals surface area contributed by atoms with Crippen LogP contribution in [0.15, 0.2) is 27.4 Å². The lowest BCUT2D eigenvalue weighted by Crippen LogP contribution is -2.48. The molecule has 1 saturated carbocycles. The lowest BCUT2D eigenvalue weighted by atomic mass is 9.86. The van der Waals surface area contributed by atoms with E-state index in [0.717, 1.165) is 36.3 Å². The number of aromatic nitrogens is 1. The number of hydrogen-bond acceptors (Lipinski definition) is 6. The molecule has 2 N–H and O–H groups in total. The molecule has 0 bridgehead atoms. The van der Waals surface area contributed by atoms with Crippen molar-refractivity contribution in [1.82, 2.24) is 15.2 Å². The molecule has 3 rings (SSSR count). The van der Waals surface area contributed by atoms with Gasteiger partial charge in [0.1, 0.15) is 6.54 Å². The van der Waals surface area contributed by atoms with Crippen LogP contribution in [0.2, 0.25) is 0 Å². The van der Waals surface area contributed by atoms with Crippen molar-refractivity contribution in [3.05, 3.63) is 38.9 Å². The van der Waals surface area contributed by atoms with Gasteiger partial charge >= 0.3 is 11.8 Å². The second kappa shape index (κ2) is 7.60. The molecule has 0 saturated heterocycles. The molecule has 1 fully saturated rings. The Morgan fingerprint density at radius 2 is 2.07 bits per heavy atom. The van der Waals surface area contributed by atoms with E-state index < -0.39 is 29.2 Å². The minimum absolute atomic E-state index is 0.00618. The first-order valence-electron chi connectivity index (χ1n) is 8.73. The molecular weight excluding hydrogens is 356 g/mol. The van der Waals surface area contributed by atoms with E-state index in [4.69, 9.17) is 4.42 Å². The van der Waals surface area contributed by atoms with Gasteiger partial charge in [0.25, 0.3) is 5.69 Å². The van der Waals surface area contributed by atoms with Crippen LogP contribution in [0.1, 0.15) is 32.6 Å². The molecule has 3 amide bonds. The number of amides is 3. The third kappa shape index (κ3) is 4.15. The molecule has 1 aliphatic carbocycles. The third-order valence-electron chi connectivity index (χ3n) is 4.84. The Hall–Kier alpha value is -3.17. The first-order valence-corrected chi connectivity index (χ1v) is 8.73. The van der Waals surface area contributed by atoms with Crippen molar-refractivity contribution in [3.8, 4) is 0 Å². The molecule has 10 nitrogen and oxygen atoms in total. The molecule has 0 radical (unpaired) electrons. The van der Waals surface area contributed by atoms with E-state index in [1.54, 1.807) is 0 Å². The van der Waals surface area contributed by atoms with Gasteiger partial charge < -0.3 is 9.73 Å². The highest BCUT2D eigenvalue weighted by atomic mass is 16.6. The maximum Gasteiger partial charge on any atom is 0.420 e. The van der Waals surface area contributed by atoms with Crippen LogP contribution in [0.3, 0.4) is 0 Å². The number of carbonyl (C=O) groups excluding carboxylic acids is 2. The predicted molar refractivity (Wildman–Crippen MR) is 95.2 cm³/mol. The summed E-state index contributed by atoms with van der Waals surface area (Å²) in [6.45, 7) is 1.57. The molecule has 2 atom stereocenters. The fourth-order valence-electron chi connectivity index (χ4n) is 3.36. The van der Waals surface area contributed by atoms with E-state index in [9.17, 15) is 24.5 Å². The lowest BCUT2D eigenvalue weighted by Gasteiger charge is -2.29. The zero-order valence-corrected chi connectivity index (χ0v) is 14.8. The second-order valence-corrected chi connectivity index (χ2v) is 6.75. The number of imide groups is 1. The zero-order valence-electron chi connectivity index (χ0n) is 14.8. The Bertz CT molecular complexity index is 947. The average molecular weight is 376 g/mol. The molecule has 1 aromatic carbocycles. The Kier molecular flexibility index (Phi) is 5.24. The minimum atomic E-state index is -0.832. The summed E-state index contributed by atoms with van der Waals surface area (Å²) in [4.78, 5) is 46.4. The lowest BCUT2D eigenvalue weighted by molar-refractivity contribution is -0.384. The molecule has 0 aliphatic heterocycles. The Labute approximate surface area is 153 Å². The van der Waals surface area contributed by atoms with E-state index in [1.807, 2.05) is 0 Å². The smallest absolute Gasteiger partial charge is 0.408 e. The van der Waals surface area contributed by atoms with Crippen LogP contribution in [0.4, 0.5) is 10.5 Å². The Balaban J connectivity index is 1.69. The SMILES string of the molecule is CC1CCCCC1NC(=O)NC(=O)Cn1c(=O)oc2ccc([N+](=O)[O-])cc21. The van der Waals surface area contributed by atoms with Gasteiger partial charge in [-0.1, -0.05) is 19.8 Å². The summed E-state index contributed by atoms with van der Waals surface area (Å²) in [6, 6.07) is 3.03. The van der Waals surface area contributed by atoms with E-state index in [-0.39, 0.29) is 22.8 Å². The number of rotatable bonds is 4. The van der Waals surface area contributed by atoms with Crippen molar-refractivity contribution in [2.24, 2.45) is 5.92 Å². The molecule has 2 unspecified atom stereocenters. The quantitative estimate of drug-likeness (QED) is 0.618. The summed E-state index contributed by atoms with van der Waals surface area (Å²) in [5, 5.41) is 15.9. The van der Waals surface area contributed by atoms with Crippen LogP contribution in [0.5, 0.6) is 0 Å². The van der Waals surface area contributed by atoms with Crippen molar-refractivity contribution in [3.63, 3.8) is 0 Å². The van der Waals surface area contributed by atoms with Gasteiger partial charge in [-0.3, -0.25) is 24.8 Å². The largest absolute Gasteiger partial charge is 0.420 e. The van der Waals surface area contributed by atoms with Crippen molar-refractivity contribution in [1.29, 1.82) is 0 Å². The number of oxazole rings is 1. The first-order chi connectivity index (χ1) is 12.8. The van der Waals surface area contributed by atoms with Crippen LogP contribution in [0.25, 0.3) is 11.1 Å². The van der Waals surface area contributed by atoms with E-state index in [2.05, 4.69) is 17.6 Å². The maximum atomic E-state index is 12.2. The van der Waals surface area contributed by atoms with Crippen LogP contribution in [0, 0.1) is 16.0 Å². The van der Waals surface area contributed by atoms with Crippen LogP contribution in [-0.4, -0.2) is 27.5 Å². The van der Waals surface area contributed by atoms with Gasteiger partial charge in [-0.2, -0.15) is 0 Å². The second-order valence-electron chi connectivity index (χ2n) is 6.75. The van der Waals surface area contributed by atoms with E-state index in [0.29, 0.717) is 5.92 Å². The molecule has 1 aliphatic rings. The number of non-ortho nitro benzene ring substituents is 1. The fourth-order valence-corrected chi connectivity index (χ4v) is 3.36. The predicted octanol–water partition coefficient (Wildman–Crippen LogP) is 1.91. The van der Waals surface area contributed by atoms with Gasteiger partial charge in [0.05, 0.1) is 10.4 Å².